The van der Waals surface area contributed by atoms with Crippen molar-refractivity contribution in [2.45, 2.75) is 33.2 Å². The molecular formula is C12H16N4S. The summed E-state index contributed by atoms with van der Waals surface area (Å²) >= 11 is 4.40. The molecule has 0 spiro atoms. The molecule has 90 valence electrons. The summed E-state index contributed by atoms with van der Waals surface area (Å²) in [4.78, 5) is 3.95. The van der Waals surface area contributed by atoms with Crippen molar-refractivity contribution in [2.75, 3.05) is 5.75 Å². The second-order valence-corrected chi connectivity index (χ2v) is 4.47. The first-order valence-electron chi connectivity index (χ1n) is 5.62. The van der Waals surface area contributed by atoms with Crippen LogP contribution in [0.2, 0.25) is 0 Å². The molecule has 1 aromatic heterocycles. The molecule has 1 aromatic rings. The number of thiol groups is 1. The molecule has 4 nitrogen and oxygen atoms in total. The smallest absolute Gasteiger partial charge is 0.176 e. The van der Waals surface area contributed by atoms with Gasteiger partial charge >= 0.3 is 0 Å². The standard InChI is InChI=1S/C12H16N4S/c1-3-12(4-2,8-17)7-16-9-15-10(5-13)11(16)6-14/h9,17H,3-4,7-8H2,1-2H3. The number of hydrogen-bond donors (Lipinski definition) is 1. The van der Waals surface area contributed by atoms with Crippen LogP contribution in [0.25, 0.3) is 0 Å². The molecule has 0 atom stereocenters. The maximum absolute atomic E-state index is 9.05. The minimum atomic E-state index is 0.0577. The summed E-state index contributed by atoms with van der Waals surface area (Å²) < 4.78 is 1.77. The van der Waals surface area contributed by atoms with Crippen molar-refractivity contribution >= 4 is 12.6 Å². The Hall–Kier alpha value is -1.46. The van der Waals surface area contributed by atoms with E-state index < -0.39 is 0 Å². The van der Waals surface area contributed by atoms with Crippen LogP contribution in [0.15, 0.2) is 6.33 Å². The highest BCUT2D eigenvalue weighted by Crippen LogP contribution is 2.30. The number of nitrogens with zero attached hydrogens (tertiary/aromatic N) is 4. The number of imidazole rings is 1. The lowest BCUT2D eigenvalue weighted by Crippen LogP contribution is -2.27. The van der Waals surface area contributed by atoms with E-state index in [4.69, 9.17) is 10.5 Å². The fraction of sp³-hybridized carbons (Fsp3) is 0.583. The number of nitriles is 2. The van der Waals surface area contributed by atoms with Crippen molar-refractivity contribution < 1.29 is 0 Å². The molecular weight excluding hydrogens is 232 g/mol. The van der Waals surface area contributed by atoms with E-state index in [1.54, 1.807) is 10.9 Å². The highest BCUT2D eigenvalue weighted by molar-refractivity contribution is 7.80. The lowest BCUT2D eigenvalue weighted by molar-refractivity contribution is 0.257. The van der Waals surface area contributed by atoms with Crippen LogP contribution in [0, 0.1) is 28.1 Å². The Morgan fingerprint density at radius 3 is 2.41 bits per heavy atom. The van der Waals surface area contributed by atoms with Gasteiger partial charge in [-0.15, -0.1) is 0 Å². The first-order chi connectivity index (χ1) is 8.16. The minimum absolute atomic E-state index is 0.0577. The molecule has 0 aliphatic heterocycles. The molecule has 0 aromatic carbocycles. The molecule has 0 aliphatic rings. The van der Waals surface area contributed by atoms with Crippen LogP contribution >= 0.6 is 12.6 Å². The third-order valence-corrected chi connectivity index (χ3v) is 4.06. The fourth-order valence-corrected chi connectivity index (χ4v) is 2.36. The molecule has 0 saturated heterocycles. The Morgan fingerprint density at radius 1 is 1.35 bits per heavy atom. The van der Waals surface area contributed by atoms with Gasteiger partial charge in [0.25, 0.3) is 0 Å². The monoisotopic (exact) mass is 248 g/mol. The first kappa shape index (κ1) is 13.6. The molecule has 5 heteroatoms. The number of rotatable bonds is 5. The molecule has 0 amide bonds. The van der Waals surface area contributed by atoms with Gasteiger partial charge in [0.15, 0.2) is 11.4 Å². The first-order valence-corrected chi connectivity index (χ1v) is 6.25. The predicted octanol–water partition coefficient (Wildman–Crippen LogP) is 2.36. The molecule has 1 heterocycles. The van der Waals surface area contributed by atoms with Gasteiger partial charge in [0, 0.05) is 6.54 Å². The van der Waals surface area contributed by atoms with Crippen molar-refractivity contribution in [3.8, 4) is 12.1 Å². The topological polar surface area (TPSA) is 65.4 Å². The van der Waals surface area contributed by atoms with E-state index in [2.05, 4.69) is 31.5 Å². The van der Waals surface area contributed by atoms with E-state index in [9.17, 15) is 0 Å². The zero-order valence-electron chi connectivity index (χ0n) is 10.1. The second kappa shape index (κ2) is 5.75. The van der Waals surface area contributed by atoms with Crippen LogP contribution in [-0.2, 0) is 6.54 Å². The Labute approximate surface area is 107 Å². The van der Waals surface area contributed by atoms with Crippen LogP contribution in [0.1, 0.15) is 38.1 Å². The van der Waals surface area contributed by atoms with Crippen LogP contribution in [0.5, 0.6) is 0 Å². The maximum Gasteiger partial charge on any atom is 0.176 e. The SMILES string of the molecule is CCC(CC)(CS)Cn1cnc(C#N)c1C#N. The van der Waals surface area contributed by atoms with Crippen molar-refractivity contribution in [2.24, 2.45) is 5.41 Å². The van der Waals surface area contributed by atoms with Crippen LogP contribution in [0.4, 0.5) is 0 Å². The lowest BCUT2D eigenvalue weighted by Gasteiger charge is -2.30. The van der Waals surface area contributed by atoms with Gasteiger partial charge in [-0.25, -0.2) is 4.98 Å². The zero-order chi connectivity index (χ0) is 12.9. The van der Waals surface area contributed by atoms with Gasteiger partial charge < -0.3 is 4.57 Å². The predicted molar refractivity (Wildman–Crippen MR) is 68.5 cm³/mol. The second-order valence-electron chi connectivity index (χ2n) is 4.16. The summed E-state index contributed by atoms with van der Waals surface area (Å²) in [6.45, 7) is 4.92. The molecule has 0 fully saturated rings. The van der Waals surface area contributed by atoms with Crippen molar-refractivity contribution in [3.05, 3.63) is 17.7 Å². The Balaban J connectivity index is 3.08. The average molecular weight is 248 g/mol. The van der Waals surface area contributed by atoms with Crippen LogP contribution in [0.3, 0.4) is 0 Å². The van der Waals surface area contributed by atoms with E-state index in [0.717, 1.165) is 18.6 Å². The van der Waals surface area contributed by atoms with E-state index in [-0.39, 0.29) is 11.1 Å². The van der Waals surface area contributed by atoms with E-state index in [1.165, 1.54) is 0 Å². The summed E-state index contributed by atoms with van der Waals surface area (Å²) in [5, 5.41) is 17.9. The zero-order valence-corrected chi connectivity index (χ0v) is 11.0. The molecule has 1 rings (SSSR count). The van der Waals surface area contributed by atoms with Gasteiger partial charge in [-0.2, -0.15) is 23.2 Å². The molecule has 17 heavy (non-hydrogen) atoms. The lowest BCUT2D eigenvalue weighted by atomic mass is 9.84. The Bertz CT molecular complexity index is 452. The van der Waals surface area contributed by atoms with Gasteiger partial charge in [0.05, 0.1) is 6.33 Å². The molecule has 0 radical (unpaired) electrons. The summed E-state index contributed by atoms with van der Waals surface area (Å²) in [5.41, 5.74) is 0.607. The quantitative estimate of drug-likeness (QED) is 0.813. The molecule has 0 aliphatic carbocycles. The van der Waals surface area contributed by atoms with Crippen LogP contribution in [-0.4, -0.2) is 15.3 Å². The molecule has 0 N–H and O–H groups in total. The van der Waals surface area contributed by atoms with Crippen molar-refractivity contribution in [1.29, 1.82) is 10.5 Å². The maximum atomic E-state index is 9.05. The third kappa shape index (κ3) is 2.62. The fourth-order valence-electron chi connectivity index (χ4n) is 1.81. The Kier molecular flexibility index (Phi) is 4.60. The number of hydrogen-bond acceptors (Lipinski definition) is 4. The highest BCUT2D eigenvalue weighted by Gasteiger charge is 2.26. The largest absolute Gasteiger partial charge is 0.321 e. The third-order valence-electron chi connectivity index (χ3n) is 3.39. The average Bonchev–Trinajstić information content (AvgIpc) is 2.77. The molecule has 0 unspecified atom stereocenters. The number of aromatic nitrogens is 2. The minimum Gasteiger partial charge on any atom is -0.321 e. The Morgan fingerprint density at radius 2 is 2.00 bits per heavy atom. The summed E-state index contributed by atoms with van der Waals surface area (Å²) in [5.74, 6) is 0.755. The van der Waals surface area contributed by atoms with Gasteiger partial charge in [0.2, 0.25) is 0 Å². The summed E-state index contributed by atoms with van der Waals surface area (Å²) in [6, 6.07) is 3.98. The van der Waals surface area contributed by atoms with Crippen molar-refractivity contribution in [1.82, 2.24) is 9.55 Å². The van der Waals surface area contributed by atoms with Crippen molar-refractivity contribution in [3.63, 3.8) is 0 Å². The molecule has 0 bridgehead atoms. The highest BCUT2D eigenvalue weighted by atomic mass is 32.1. The van der Waals surface area contributed by atoms with Gasteiger partial charge in [-0.05, 0) is 24.0 Å². The van der Waals surface area contributed by atoms with Crippen LogP contribution < -0.4 is 0 Å². The molecule has 0 saturated carbocycles. The van der Waals surface area contributed by atoms with E-state index >= 15 is 0 Å². The summed E-state index contributed by atoms with van der Waals surface area (Å²) in [7, 11) is 0. The van der Waals surface area contributed by atoms with Gasteiger partial charge in [-0.3, -0.25) is 0 Å². The van der Waals surface area contributed by atoms with Gasteiger partial charge in [0.1, 0.15) is 12.1 Å². The van der Waals surface area contributed by atoms with E-state index in [1.807, 2.05) is 12.1 Å². The summed E-state index contributed by atoms with van der Waals surface area (Å²) in [6.07, 6.45) is 3.54. The normalized spacial score (nSPS) is 10.9. The van der Waals surface area contributed by atoms with Gasteiger partial charge in [-0.1, -0.05) is 13.8 Å². The van der Waals surface area contributed by atoms with E-state index in [0.29, 0.717) is 12.2 Å².